The molecule has 0 aromatic heterocycles. The second kappa shape index (κ2) is 8.40. The van der Waals surface area contributed by atoms with Gasteiger partial charge in [0.05, 0.1) is 23.8 Å². The number of hydrogen-bond acceptors (Lipinski definition) is 4. The molecule has 4 nitrogen and oxygen atoms in total. The fourth-order valence-corrected chi connectivity index (χ4v) is 2.30. The Morgan fingerprint density at radius 2 is 1.95 bits per heavy atom. The lowest BCUT2D eigenvalue weighted by molar-refractivity contribution is 0.191. The number of hydrogen-bond donors (Lipinski definition) is 2. The Morgan fingerprint density at radius 3 is 2.53 bits per heavy atom. The van der Waals surface area contributed by atoms with Gasteiger partial charge in [0, 0.05) is 13.1 Å². The third-order valence-corrected chi connectivity index (χ3v) is 3.02. The first kappa shape index (κ1) is 16.3. The van der Waals surface area contributed by atoms with Crippen LogP contribution in [0.3, 0.4) is 0 Å². The third-order valence-electron chi connectivity index (χ3n) is 2.43. The summed E-state index contributed by atoms with van der Waals surface area (Å²) in [5.74, 6) is 1.48. The molecule has 0 aliphatic carbocycles. The predicted molar refractivity (Wildman–Crippen MR) is 79.9 cm³/mol. The molecular weight excluding hydrogens is 310 g/mol. The average Bonchev–Trinajstić information content (AvgIpc) is 2.33. The van der Waals surface area contributed by atoms with Crippen LogP contribution in [0.1, 0.15) is 26.3 Å². The first-order valence-electron chi connectivity index (χ1n) is 6.55. The maximum atomic E-state index is 9.22. The van der Waals surface area contributed by atoms with Gasteiger partial charge in [-0.1, -0.05) is 0 Å². The van der Waals surface area contributed by atoms with E-state index < -0.39 is 0 Å². The van der Waals surface area contributed by atoms with Crippen molar-refractivity contribution in [3.8, 4) is 11.5 Å². The maximum Gasteiger partial charge on any atom is 0.175 e. The van der Waals surface area contributed by atoms with Crippen molar-refractivity contribution in [3.05, 3.63) is 22.2 Å². The minimum Gasteiger partial charge on any atom is -0.490 e. The normalized spacial score (nSPS) is 12.3. The maximum absolute atomic E-state index is 9.22. The lowest BCUT2D eigenvalue weighted by Gasteiger charge is -2.15. The SMILES string of the molecule is CCOc1cc(CNC[C@@H](C)O)cc(Br)c1OCC. The molecule has 0 spiro atoms. The molecular formula is C14H22BrNO3. The summed E-state index contributed by atoms with van der Waals surface area (Å²) >= 11 is 3.51. The molecule has 1 atom stereocenters. The number of halogens is 1. The molecule has 0 heterocycles. The largest absolute Gasteiger partial charge is 0.490 e. The third kappa shape index (κ3) is 5.38. The molecule has 0 bridgehead atoms. The van der Waals surface area contributed by atoms with Crippen LogP contribution in [-0.4, -0.2) is 31.0 Å². The molecule has 0 unspecified atom stereocenters. The molecule has 0 amide bonds. The molecule has 1 rings (SSSR count). The second-order valence-corrected chi connectivity index (χ2v) is 5.11. The van der Waals surface area contributed by atoms with E-state index in [0.717, 1.165) is 21.5 Å². The molecule has 5 heteroatoms. The summed E-state index contributed by atoms with van der Waals surface area (Å²) in [5.41, 5.74) is 1.08. The van der Waals surface area contributed by atoms with Gasteiger partial charge >= 0.3 is 0 Å². The zero-order valence-corrected chi connectivity index (χ0v) is 13.3. The van der Waals surface area contributed by atoms with Gasteiger partial charge in [-0.2, -0.15) is 0 Å². The molecule has 1 aromatic rings. The minimum atomic E-state index is -0.350. The smallest absolute Gasteiger partial charge is 0.175 e. The average molecular weight is 332 g/mol. The molecule has 0 saturated heterocycles. The minimum absolute atomic E-state index is 0.350. The van der Waals surface area contributed by atoms with E-state index in [1.165, 1.54) is 0 Å². The van der Waals surface area contributed by atoms with Crippen LogP contribution in [0.4, 0.5) is 0 Å². The topological polar surface area (TPSA) is 50.7 Å². The van der Waals surface area contributed by atoms with Crippen LogP contribution in [-0.2, 0) is 6.54 Å². The standard InChI is InChI=1S/C14H22BrNO3/c1-4-18-13-7-11(9-16-8-10(3)17)6-12(15)14(13)19-5-2/h6-7,10,16-17H,4-5,8-9H2,1-3H3/t10-/m1/s1. The number of nitrogens with one attached hydrogen (secondary N) is 1. The van der Waals surface area contributed by atoms with Gasteiger partial charge in [0.2, 0.25) is 0 Å². The second-order valence-electron chi connectivity index (χ2n) is 4.25. The summed E-state index contributed by atoms with van der Waals surface area (Å²) in [7, 11) is 0. The Balaban J connectivity index is 2.83. The summed E-state index contributed by atoms with van der Waals surface area (Å²) in [6.45, 7) is 8.08. The van der Waals surface area contributed by atoms with Crippen molar-refractivity contribution < 1.29 is 14.6 Å². The molecule has 0 saturated carbocycles. The Labute approximate surface area is 123 Å². The highest BCUT2D eigenvalue weighted by Gasteiger charge is 2.11. The van der Waals surface area contributed by atoms with E-state index in [1.54, 1.807) is 6.92 Å². The van der Waals surface area contributed by atoms with Gasteiger partial charge in [0.25, 0.3) is 0 Å². The molecule has 0 fully saturated rings. The fourth-order valence-electron chi connectivity index (χ4n) is 1.70. The van der Waals surface area contributed by atoms with E-state index in [1.807, 2.05) is 26.0 Å². The number of benzene rings is 1. The molecule has 1 aromatic carbocycles. The summed E-state index contributed by atoms with van der Waals surface area (Å²) in [4.78, 5) is 0. The summed E-state index contributed by atoms with van der Waals surface area (Å²) in [5, 5.41) is 12.4. The van der Waals surface area contributed by atoms with Crippen LogP contribution in [0.25, 0.3) is 0 Å². The van der Waals surface area contributed by atoms with Gasteiger partial charge in [0.15, 0.2) is 11.5 Å². The summed E-state index contributed by atoms with van der Waals surface area (Å²) < 4.78 is 12.1. The van der Waals surface area contributed by atoms with Gasteiger partial charge in [-0.3, -0.25) is 0 Å². The number of aliphatic hydroxyl groups is 1. The van der Waals surface area contributed by atoms with Crippen LogP contribution in [0.2, 0.25) is 0 Å². The number of rotatable bonds is 8. The summed E-state index contributed by atoms with van der Waals surface area (Å²) in [6, 6.07) is 3.97. The summed E-state index contributed by atoms with van der Waals surface area (Å²) in [6.07, 6.45) is -0.350. The van der Waals surface area contributed by atoms with Gasteiger partial charge in [-0.25, -0.2) is 0 Å². The van der Waals surface area contributed by atoms with E-state index in [4.69, 9.17) is 9.47 Å². The van der Waals surface area contributed by atoms with E-state index in [-0.39, 0.29) is 6.10 Å². The Hall–Kier alpha value is -0.780. The molecule has 19 heavy (non-hydrogen) atoms. The molecule has 2 N–H and O–H groups in total. The Bertz CT molecular complexity index is 397. The first-order valence-corrected chi connectivity index (χ1v) is 7.34. The molecule has 0 radical (unpaired) electrons. The highest BCUT2D eigenvalue weighted by molar-refractivity contribution is 9.10. The van der Waals surface area contributed by atoms with Crippen molar-refractivity contribution >= 4 is 15.9 Å². The Kier molecular flexibility index (Phi) is 7.20. The van der Waals surface area contributed by atoms with Crippen molar-refractivity contribution in [2.24, 2.45) is 0 Å². The van der Waals surface area contributed by atoms with Crippen molar-refractivity contribution in [2.75, 3.05) is 19.8 Å². The van der Waals surface area contributed by atoms with E-state index >= 15 is 0 Å². The lowest BCUT2D eigenvalue weighted by atomic mass is 10.2. The van der Waals surface area contributed by atoms with E-state index in [2.05, 4.69) is 21.2 Å². The zero-order valence-electron chi connectivity index (χ0n) is 11.7. The van der Waals surface area contributed by atoms with Crippen LogP contribution in [0.5, 0.6) is 11.5 Å². The van der Waals surface area contributed by atoms with Gasteiger partial charge < -0.3 is 19.9 Å². The molecule has 108 valence electrons. The van der Waals surface area contributed by atoms with Crippen molar-refractivity contribution in [1.82, 2.24) is 5.32 Å². The molecule has 0 aliphatic rings. The zero-order chi connectivity index (χ0) is 14.3. The Morgan fingerprint density at radius 1 is 1.26 bits per heavy atom. The quantitative estimate of drug-likeness (QED) is 0.769. The first-order chi connectivity index (χ1) is 9.08. The van der Waals surface area contributed by atoms with Crippen LogP contribution < -0.4 is 14.8 Å². The van der Waals surface area contributed by atoms with Gasteiger partial charge in [-0.15, -0.1) is 0 Å². The predicted octanol–water partition coefficient (Wildman–Crippen LogP) is 2.72. The van der Waals surface area contributed by atoms with Crippen LogP contribution in [0.15, 0.2) is 16.6 Å². The monoisotopic (exact) mass is 331 g/mol. The van der Waals surface area contributed by atoms with Crippen molar-refractivity contribution in [1.29, 1.82) is 0 Å². The highest BCUT2D eigenvalue weighted by atomic mass is 79.9. The highest BCUT2D eigenvalue weighted by Crippen LogP contribution is 2.36. The fraction of sp³-hybridized carbons (Fsp3) is 0.571. The number of aliphatic hydroxyl groups excluding tert-OH is 1. The number of ether oxygens (including phenoxy) is 2. The molecule has 0 aliphatic heterocycles. The van der Waals surface area contributed by atoms with E-state index in [9.17, 15) is 5.11 Å². The van der Waals surface area contributed by atoms with Gasteiger partial charge in [-0.05, 0) is 54.4 Å². The van der Waals surface area contributed by atoms with Crippen LogP contribution >= 0.6 is 15.9 Å². The van der Waals surface area contributed by atoms with Crippen molar-refractivity contribution in [2.45, 2.75) is 33.4 Å². The van der Waals surface area contributed by atoms with Gasteiger partial charge in [0.1, 0.15) is 0 Å². The van der Waals surface area contributed by atoms with Crippen molar-refractivity contribution in [3.63, 3.8) is 0 Å². The van der Waals surface area contributed by atoms with E-state index in [0.29, 0.717) is 26.3 Å². The van der Waals surface area contributed by atoms with Crippen LogP contribution in [0, 0.1) is 0 Å². The lowest BCUT2D eigenvalue weighted by Crippen LogP contribution is -2.23.